The molecule has 0 aromatic carbocycles. The first-order chi connectivity index (χ1) is 27.3. The number of unbranched alkanes of at least 4 members (excludes halogenated alkanes) is 36. The summed E-state index contributed by atoms with van der Waals surface area (Å²) in [6.45, 7) is 6.77. The fourth-order valence-electron chi connectivity index (χ4n) is 6.86. The van der Waals surface area contributed by atoms with Gasteiger partial charge in [0.25, 0.3) is 0 Å². The van der Waals surface area contributed by atoms with Gasteiger partial charge in [0, 0.05) is 17.9 Å². The van der Waals surface area contributed by atoms with E-state index in [0.717, 1.165) is 59.3 Å². The van der Waals surface area contributed by atoms with Gasteiger partial charge in [-0.3, -0.25) is 0 Å². The third kappa shape index (κ3) is 74.1. The van der Waals surface area contributed by atoms with E-state index in [4.69, 9.17) is 3.69 Å². The molecule has 0 amide bonds. The van der Waals surface area contributed by atoms with Crippen molar-refractivity contribution in [1.29, 1.82) is 0 Å². The normalized spacial score (nSPS) is 10.5. The number of rotatable bonds is 42. The van der Waals surface area contributed by atoms with E-state index in [-0.39, 0.29) is 19.3 Å². The number of aliphatic carboxylic acids is 3. The Bertz CT molecular complexity index is 639. The molecule has 0 aromatic heterocycles. The topological polar surface area (TPSA) is 141 Å². The van der Waals surface area contributed by atoms with E-state index in [1.807, 2.05) is 0 Å². The van der Waals surface area contributed by atoms with Crippen LogP contribution in [0.5, 0.6) is 0 Å². The average Bonchev–Trinajstić information content (AvgIpc) is 3.18. The standard InChI is InChI=1S/3C16H32O2.H2O.Ti/c3*1-2-3-4-5-6-7-8-9-10-11-12-13-14-15-16(17)18;;/h3*2-15H2,1H3,(H,17,18);1H2;/q;;;;+4/p-4. The van der Waals surface area contributed by atoms with Crippen molar-refractivity contribution in [3.8, 4) is 0 Å². The molecule has 8 heteroatoms. The number of carbonyl (C=O) groups excluding carboxylic acids is 3. The van der Waals surface area contributed by atoms with Crippen LogP contribution in [-0.4, -0.2) is 21.6 Å². The molecule has 7 nitrogen and oxygen atoms in total. The fraction of sp³-hybridized carbons (Fsp3) is 0.938. The van der Waals surface area contributed by atoms with Crippen LogP contribution < -0.4 is 15.3 Å². The Morgan fingerprint density at radius 3 is 0.482 bits per heavy atom. The summed E-state index contributed by atoms with van der Waals surface area (Å²) in [5.41, 5.74) is 0. The zero-order chi connectivity index (χ0) is 42.4. The zero-order valence-corrected chi connectivity index (χ0v) is 39.2. The second-order valence-corrected chi connectivity index (χ2v) is 16.1. The summed E-state index contributed by atoms with van der Waals surface area (Å²) in [5.74, 6) is -2.71. The number of carbonyl (C=O) groups is 3. The first-order valence-electron chi connectivity index (χ1n) is 24.1. The van der Waals surface area contributed by atoms with Crippen LogP contribution in [-0.2, 0) is 35.2 Å². The number of carboxylic acid groups (broad SMARTS) is 3. The van der Waals surface area contributed by atoms with Crippen molar-refractivity contribution in [2.75, 3.05) is 0 Å². The van der Waals surface area contributed by atoms with Crippen LogP contribution in [0.1, 0.15) is 290 Å². The molecule has 0 aromatic rings. The van der Waals surface area contributed by atoms with Gasteiger partial charge >= 0.3 is 24.5 Å². The molecule has 0 saturated carbocycles. The summed E-state index contributed by atoms with van der Waals surface area (Å²) in [7, 11) is 0. The van der Waals surface area contributed by atoms with E-state index in [0.29, 0.717) is 0 Å². The molecule has 0 bridgehead atoms. The van der Waals surface area contributed by atoms with Crippen molar-refractivity contribution in [3.05, 3.63) is 0 Å². The molecule has 0 radical (unpaired) electrons. The van der Waals surface area contributed by atoms with Gasteiger partial charge in [-0.15, -0.1) is 0 Å². The number of hydrogen-bond donors (Lipinski definition) is 1. The summed E-state index contributed by atoms with van der Waals surface area (Å²) in [6.07, 6.45) is 50.8. The molecular formula is C48H94O7Ti. The third-order valence-electron chi connectivity index (χ3n) is 10.5. The van der Waals surface area contributed by atoms with Crippen molar-refractivity contribution < 1.29 is 54.2 Å². The van der Waals surface area contributed by atoms with Crippen LogP contribution in [0.3, 0.4) is 0 Å². The molecule has 0 saturated heterocycles. The van der Waals surface area contributed by atoms with Crippen LogP contribution in [0.15, 0.2) is 0 Å². The molecule has 0 aliphatic carbocycles. The number of carboxylic acids is 3. The van der Waals surface area contributed by atoms with Gasteiger partial charge in [0.2, 0.25) is 0 Å². The Balaban J connectivity index is -0.000000354. The summed E-state index contributed by atoms with van der Waals surface area (Å²) < 4.78 is 7.00. The van der Waals surface area contributed by atoms with Crippen molar-refractivity contribution >= 4 is 17.9 Å². The van der Waals surface area contributed by atoms with Crippen LogP contribution in [0.2, 0.25) is 0 Å². The van der Waals surface area contributed by atoms with E-state index >= 15 is 0 Å². The molecule has 56 heavy (non-hydrogen) atoms. The van der Waals surface area contributed by atoms with Crippen molar-refractivity contribution in [2.24, 2.45) is 0 Å². The quantitative estimate of drug-likeness (QED) is 0.0477. The number of hydrogen-bond acceptors (Lipinski definition) is 7. The fourth-order valence-corrected chi connectivity index (χ4v) is 6.86. The molecule has 0 aliphatic heterocycles. The van der Waals surface area contributed by atoms with Gasteiger partial charge in [-0.2, -0.15) is 0 Å². The Hall–Kier alpha value is -0.916. The summed E-state index contributed by atoms with van der Waals surface area (Å²) in [6, 6.07) is 0. The Morgan fingerprint density at radius 2 is 0.375 bits per heavy atom. The average molecular weight is 831 g/mol. The summed E-state index contributed by atoms with van der Waals surface area (Å²) in [4.78, 5) is 30.6. The maximum atomic E-state index is 10.2. The van der Waals surface area contributed by atoms with Gasteiger partial charge in [-0.25, -0.2) is 0 Å². The molecule has 1 N–H and O–H groups in total. The first kappa shape index (κ1) is 61.7. The molecule has 0 atom stereocenters. The third-order valence-corrected chi connectivity index (χ3v) is 10.5. The molecule has 0 rings (SSSR count). The predicted octanol–water partition coefficient (Wildman–Crippen LogP) is 12.1. The Morgan fingerprint density at radius 1 is 0.268 bits per heavy atom. The maximum absolute atomic E-state index is 10.2. The van der Waals surface area contributed by atoms with E-state index in [1.54, 1.807) is 0 Å². The van der Waals surface area contributed by atoms with E-state index in [2.05, 4.69) is 20.8 Å². The van der Waals surface area contributed by atoms with E-state index in [9.17, 15) is 29.7 Å². The second-order valence-electron chi connectivity index (χ2n) is 16.1. The summed E-state index contributed by atoms with van der Waals surface area (Å²) >= 11 is 1.00. The Labute approximate surface area is 361 Å². The van der Waals surface area contributed by atoms with Gasteiger partial charge in [-0.1, -0.05) is 252 Å². The van der Waals surface area contributed by atoms with E-state index < -0.39 is 17.9 Å². The van der Waals surface area contributed by atoms with Gasteiger partial charge in [0.15, 0.2) is 0 Å². The molecular weight excluding hydrogens is 736 g/mol. The monoisotopic (exact) mass is 831 g/mol. The zero-order valence-electron chi connectivity index (χ0n) is 37.6. The molecule has 0 spiro atoms. The van der Waals surface area contributed by atoms with Crippen molar-refractivity contribution in [1.82, 2.24) is 0 Å². The van der Waals surface area contributed by atoms with Crippen LogP contribution in [0, 0.1) is 0 Å². The van der Waals surface area contributed by atoms with Crippen molar-refractivity contribution in [2.45, 2.75) is 290 Å². The van der Waals surface area contributed by atoms with Crippen molar-refractivity contribution in [3.63, 3.8) is 0 Å². The molecule has 0 fully saturated rings. The minimum absolute atomic E-state index is 0.234. The minimum atomic E-state index is -0.905. The van der Waals surface area contributed by atoms with Gasteiger partial charge in [-0.05, 0) is 38.5 Å². The van der Waals surface area contributed by atoms with Crippen LogP contribution in [0.4, 0.5) is 0 Å². The van der Waals surface area contributed by atoms with E-state index in [1.165, 1.54) is 212 Å². The second kappa shape index (κ2) is 60.8. The molecule has 0 unspecified atom stereocenters. The predicted molar refractivity (Wildman–Crippen MR) is 228 cm³/mol. The summed E-state index contributed by atoms with van der Waals surface area (Å²) in [5, 5.41) is 30.6. The molecule has 0 heterocycles. The first-order valence-corrected chi connectivity index (χ1v) is 24.8. The molecule has 0 aliphatic rings. The molecule has 332 valence electrons. The SMILES string of the molecule is CCCCCCCCCCCCCCCC(=O)[O-].CCCCCCCCCCCCCCCC(=O)[O-].CCCCCCCCCCCCCCCC(=O)[O-].[OH][Ti+3]. The van der Waals surface area contributed by atoms with Crippen LogP contribution >= 0.6 is 0 Å². The van der Waals surface area contributed by atoms with Gasteiger partial charge in [0.05, 0.1) is 0 Å². The Kier molecular flexibility index (Phi) is 67.0. The van der Waals surface area contributed by atoms with Crippen LogP contribution in [0.25, 0.3) is 0 Å². The van der Waals surface area contributed by atoms with Gasteiger partial charge < -0.3 is 29.7 Å². The van der Waals surface area contributed by atoms with Gasteiger partial charge in [0.1, 0.15) is 0 Å².